The molecule has 2 heterocycles. The van der Waals surface area contributed by atoms with Gasteiger partial charge >= 0.3 is 0 Å². The molecule has 0 aromatic carbocycles. The summed E-state index contributed by atoms with van der Waals surface area (Å²) in [5, 5.41) is 13.8. The van der Waals surface area contributed by atoms with Crippen molar-refractivity contribution in [2.75, 3.05) is 4.90 Å². The van der Waals surface area contributed by atoms with E-state index in [0.717, 1.165) is 5.69 Å². The van der Waals surface area contributed by atoms with Crippen LogP contribution in [-0.4, -0.2) is 22.4 Å². The quantitative estimate of drug-likeness (QED) is 0.804. The van der Waals surface area contributed by atoms with Gasteiger partial charge in [0.1, 0.15) is 0 Å². The zero-order valence-corrected chi connectivity index (χ0v) is 10.4. The summed E-state index contributed by atoms with van der Waals surface area (Å²) in [6.45, 7) is 7.70. The SMILES string of the molecule is CC1=CC(=O)N(c2cc(C(C)(C)C)no2)C1O. The molecule has 5 nitrogen and oxygen atoms in total. The lowest BCUT2D eigenvalue weighted by Crippen LogP contribution is -2.34. The summed E-state index contributed by atoms with van der Waals surface area (Å²) in [4.78, 5) is 12.8. The summed E-state index contributed by atoms with van der Waals surface area (Å²) in [6, 6.07) is 1.69. The number of carbonyl (C=O) groups is 1. The molecule has 92 valence electrons. The van der Waals surface area contributed by atoms with E-state index >= 15 is 0 Å². The number of anilines is 1. The molecule has 1 N–H and O–H groups in total. The molecule has 1 atom stereocenters. The zero-order valence-electron chi connectivity index (χ0n) is 10.4. The highest BCUT2D eigenvalue weighted by Crippen LogP contribution is 2.29. The molecule has 0 aliphatic carbocycles. The Morgan fingerprint density at radius 1 is 1.47 bits per heavy atom. The summed E-state index contributed by atoms with van der Waals surface area (Å²) >= 11 is 0. The molecular weight excluding hydrogens is 220 g/mol. The standard InChI is InChI=1S/C12H16N2O3/c1-7-5-9(15)14(11(7)16)10-6-8(13-17-10)12(2,3)4/h5-6,11,16H,1-4H3. The first-order valence-electron chi connectivity index (χ1n) is 5.47. The summed E-state index contributed by atoms with van der Waals surface area (Å²) in [7, 11) is 0. The molecule has 0 bridgehead atoms. The lowest BCUT2D eigenvalue weighted by atomic mass is 9.92. The Labute approximate surface area is 99.7 Å². The molecule has 1 aromatic heterocycles. The molecular formula is C12H16N2O3. The summed E-state index contributed by atoms with van der Waals surface area (Å²) in [5.74, 6) is -0.00728. The van der Waals surface area contributed by atoms with Crippen molar-refractivity contribution in [3.8, 4) is 0 Å². The van der Waals surface area contributed by atoms with Crippen LogP contribution in [0.25, 0.3) is 0 Å². The number of hydrogen-bond donors (Lipinski definition) is 1. The maximum atomic E-state index is 11.7. The van der Waals surface area contributed by atoms with Crippen molar-refractivity contribution in [3.05, 3.63) is 23.4 Å². The number of aromatic nitrogens is 1. The minimum atomic E-state index is -0.955. The van der Waals surface area contributed by atoms with Gasteiger partial charge in [0.05, 0.1) is 5.69 Å². The van der Waals surface area contributed by atoms with Gasteiger partial charge in [0, 0.05) is 17.6 Å². The molecule has 5 heteroatoms. The summed E-state index contributed by atoms with van der Waals surface area (Å²) in [6.07, 6.45) is 0.437. The van der Waals surface area contributed by atoms with E-state index in [4.69, 9.17) is 4.52 Å². The topological polar surface area (TPSA) is 66.6 Å². The fourth-order valence-electron chi connectivity index (χ4n) is 1.62. The lowest BCUT2D eigenvalue weighted by Gasteiger charge is -2.18. The molecule has 0 saturated carbocycles. The largest absolute Gasteiger partial charge is 0.369 e. The molecule has 0 spiro atoms. The van der Waals surface area contributed by atoms with Crippen molar-refractivity contribution >= 4 is 11.8 Å². The molecule has 1 aliphatic rings. The van der Waals surface area contributed by atoms with E-state index in [2.05, 4.69) is 5.16 Å². The first-order valence-corrected chi connectivity index (χ1v) is 5.47. The van der Waals surface area contributed by atoms with E-state index in [1.54, 1.807) is 13.0 Å². The van der Waals surface area contributed by atoms with Crippen LogP contribution < -0.4 is 4.90 Å². The maximum Gasteiger partial charge on any atom is 0.255 e. The van der Waals surface area contributed by atoms with Gasteiger partial charge in [0.2, 0.25) is 5.88 Å². The molecule has 1 aromatic rings. The van der Waals surface area contributed by atoms with Crippen LogP contribution in [0, 0.1) is 0 Å². The van der Waals surface area contributed by atoms with Crippen LogP contribution in [0.15, 0.2) is 22.2 Å². The number of carbonyl (C=O) groups excluding carboxylic acids is 1. The summed E-state index contributed by atoms with van der Waals surface area (Å²) < 4.78 is 5.13. The monoisotopic (exact) mass is 236 g/mol. The van der Waals surface area contributed by atoms with Crippen molar-refractivity contribution in [1.29, 1.82) is 0 Å². The van der Waals surface area contributed by atoms with Crippen molar-refractivity contribution in [1.82, 2.24) is 5.16 Å². The number of nitrogens with zero attached hydrogens (tertiary/aromatic N) is 2. The van der Waals surface area contributed by atoms with Gasteiger partial charge in [-0.15, -0.1) is 0 Å². The fourth-order valence-corrected chi connectivity index (χ4v) is 1.62. The van der Waals surface area contributed by atoms with Gasteiger partial charge in [-0.05, 0) is 12.5 Å². The van der Waals surface area contributed by atoms with Crippen molar-refractivity contribution in [3.63, 3.8) is 0 Å². The normalized spacial score (nSPS) is 21.0. The van der Waals surface area contributed by atoms with Gasteiger partial charge in [0.25, 0.3) is 5.91 Å². The third kappa shape index (κ3) is 1.98. The number of amides is 1. The van der Waals surface area contributed by atoms with Crippen LogP contribution in [0.4, 0.5) is 5.88 Å². The second-order valence-electron chi connectivity index (χ2n) is 5.27. The van der Waals surface area contributed by atoms with E-state index in [9.17, 15) is 9.90 Å². The Balaban J connectivity index is 2.31. The molecule has 0 radical (unpaired) electrons. The molecule has 1 unspecified atom stereocenters. The maximum absolute atomic E-state index is 11.7. The predicted molar refractivity (Wildman–Crippen MR) is 62.5 cm³/mol. The first-order chi connectivity index (χ1) is 7.80. The highest BCUT2D eigenvalue weighted by molar-refractivity contribution is 6.04. The Kier molecular flexibility index (Phi) is 2.58. The third-order valence-electron chi connectivity index (χ3n) is 2.74. The van der Waals surface area contributed by atoms with E-state index in [0.29, 0.717) is 5.57 Å². The number of rotatable bonds is 1. The van der Waals surface area contributed by atoms with Crippen molar-refractivity contribution in [2.45, 2.75) is 39.3 Å². The smallest absolute Gasteiger partial charge is 0.255 e. The average molecular weight is 236 g/mol. The second kappa shape index (κ2) is 3.70. The molecule has 2 rings (SSSR count). The van der Waals surface area contributed by atoms with Crippen LogP contribution in [0.2, 0.25) is 0 Å². The van der Waals surface area contributed by atoms with Crippen molar-refractivity contribution in [2.24, 2.45) is 0 Å². The Hall–Kier alpha value is -1.62. The third-order valence-corrected chi connectivity index (χ3v) is 2.74. The van der Waals surface area contributed by atoms with Gasteiger partial charge in [0.15, 0.2) is 6.23 Å². The van der Waals surface area contributed by atoms with E-state index in [1.165, 1.54) is 11.0 Å². The highest BCUT2D eigenvalue weighted by atomic mass is 16.5. The Morgan fingerprint density at radius 3 is 2.53 bits per heavy atom. The van der Waals surface area contributed by atoms with Crippen molar-refractivity contribution < 1.29 is 14.4 Å². The number of aliphatic hydroxyl groups is 1. The van der Waals surface area contributed by atoms with Crippen LogP contribution in [-0.2, 0) is 10.2 Å². The van der Waals surface area contributed by atoms with E-state index < -0.39 is 6.23 Å². The lowest BCUT2D eigenvalue weighted by molar-refractivity contribution is -0.114. The Bertz CT molecular complexity index is 482. The van der Waals surface area contributed by atoms with Gasteiger partial charge in [-0.2, -0.15) is 0 Å². The highest BCUT2D eigenvalue weighted by Gasteiger charge is 2.33. The van der Waals surface area contributed by atoms with Crippen LogP contribution in [0.3, 0.4) is 0 Å². The Morgan fingerprint density at radius 2 is 2.12 bits per heavy atom. The van der Waals surface area contributed by atoms with Gasteiger partial charge < -0.3 is 9.63 Å². The molecule has 0 saturated heterocycles. The van der Waals surface area contributed by atoms with Crippen LogP contribution in [0.5, 0.6) is 0 Å². The second-order valence-corrected chi connectivity index (χ2v) is 5.27. The van der Waals surface area contributed by atoms with E-state index in [1.807, 2.05) is 20.8 Å². The molecule has 1 amide bonds. The van der Waals surface area contributed by atoms with E-state index in [-0.39, 0.29) is 17.2 Å². The summed E-state index contributed by atoms with van der Waals surface area (Å²) in [5.41, 5.74) is 1.19. The average Bonchev–Trinajstić information content (AvgIpc) is 2.73. The fraction of sp³-hybridized carbons (Fsp3) is 0.500. The van der Waals surface area contributed by atoms with Gasteiger partial charge in [-0.25, -0.2) is 4.90 Å². The number of aliphatic hydroxyl groups excluding tert-OH is 1. The van der Waals surface area contributed by atoms with Gasteiger partial charge in [-0.1, -0.05) is 25.9 Å². The van der Waals surface area contributed by atoms with Gasteiger partial charge in [-0.3, -0.25) is 4.79 Å². The molecule has 17 heavy (non-hydrogen) atoms. The predicted octanol–water partition coefficient (Wildman–Crippen LogP) is 1.58. The van der Waals surface area contributed by atoms with Crippen LogP contribution in [0.1, 0.15) is 33.4 Å². The minimum Gasteiger partial charge on any atom is -0.369 e. The van der Waals surface area contributed by atoms with Crippen LogP contribution >= 0.6 is 0 Å². The molecule has 1 aliphatic heterocycles. The number of hydrogen-bond acceptors (Lipinski definition) is 4. The zero-order chi connectivity index (χ0) is 12.8. The molecule has 0 fully saturated rings. The minimum absolute atomic E-state index is 0.155. The first kappa shape index (κ1) is 11.9.